The first-order chi connectivity index (χ1) is 10.1. The molecule has 0 atom stereocenters. The Morgan fingerprint density at radius 1 is 1.38 bits per heavy atom. The molecule has 8 heteroatoms. The van der Waals surface area contributed by atoms with Gasteiger partial charge in [0.05, 0.1) is 29.7 Å². The zero-order valence-corrected chi connectivity index (χ0v) is 11.7. The highest BCUT2D eigenvalue weighted by atomic mass is 35.5. The minimum Gasteiger partial charge on any atom is -0.489 e. The highest BCUT2D eigenvalue weighted by molar-refractivity contribution is 6.32. The Labute approximate surface area is 125 Å². The predicted octanol–water partition coefficient (Wildman–Crippen LogP) is 2.65. The molecule has 0 aliphatic carbocycles. The average Bonchev–Trinajstić information content (AvgIpc) is 2.76. The van der Waals surface area contributed by atoms with Gasteiger partial charge in [0.15, 0.2) is 11.5 Å². The predicted molar refractivity (Wildman–Crippen MR) is 75.0 cm³/mol. The van der Waals surface area contributed by atoms with Gasteiger partial charge < -0.3 is 9.47 Å². The molecule has 0 amide bonds. The summed E-state index contributed by atoms with van der Waals surface area (Å²) in [5.41, 5.74) is 0.790. The van der Waals surface area contributed by atoms with E-state index in [4.69, 9.17) is 21.1 Å². The van der Waals surface area contributed by atoms with Crippen LogP contribution in [0.4, 0.5) is 5.69 Å². The average molecular weight is 310 g/mol. The van der Waals surface area contributed by atoms with Gasteiger partial charge in [-0.2, -0.15) is 5.10 Å². The second-order valence-corrected chi connectivity index (χ2v) is 5.02. The van der Waals surface area contributed by atoms with Crippen molar-refractivity contribution in [2.75, 3.05) is 13.2 Å². The first kappa shape index (κ1) is 13.7. The summed E-state index contributed by atoms with van der Waals surface area (Å²) in [7, 11) is 0. The number of rotatable bonds is 3. The maximum absolute atomic E-state index is 10.6. The maximum atomic E-state index is 10.6. The molecule has 21 heavy (non-hydrogen) atoms. The Bertz CT molecular complexity index is 686. The van der Waals surface area contributed by atoms with Crippen LogP contribution in [0.1, 0.15) is 12.0 Å². The van der Waals surface area contributed by atoms with Crippen LogP contribution in [0.5, 0.6) is 11.5 Å². The van der Waals surface area contributed by atoms with Gasteiger partial charge in [-0.05, 0) is 17.7 Å². The SMILES string of the molecule is O=[N+]([O-])c1cnn(Cc2cc(Cl)c3c(c2)OCCCO3)c1. The zero-order chi connectivity index (χ0) is 14.8. The van der Waals surface area contributed by atoms with Crippen LogP contribution in [0.15, 0.2) is 24.5 Å². The summed E-state index contributed by atoms with van der Waals surface area (Å²) in [4.78, 5) is 10.2. The first-order valence-electron chi connectivity index (χ1n) is 6.38. The van der Waals surface area contributed by atoms with Crippen LogP contribution in [0.2, 0.25) is 5.02 Å². The first-order valence-corrected chi connectivity index (χ1v) is 6.76. The molecule has 0 saturated carbocycles. The topological polar surface area (TPSA) is 79.4 Å². The number of fused-ring (bicyclic) bond motifs is 1. The van der Waals surface area contributed by atoms with Crippen LogP contribution < -0.4 is 9.47 Å². The van der Waals surface area contributed by atoms with Crippen LogP contribution in [0.25, 0.3) is 0 Å². The van der Waals surface area contributed by atoms with Gasteiger partial charge >= 0.3 is 5.69 Å². The minimum atomic E-state index is -0.482. The van der Waals surface area contributed by atoms with Crippen molar-refractivity contribution in [3.8, 4) is 11.5 Å². The Morgan fingerprint density at radius 3 is 2.95 bits per heavy atom. The second kappa shape index (κ2) is 5.61. The fourth-order valence-corrected chi connectivity index (χ4v) is 2.38. The molecule has 0 N–H and O–H groups in total. The Morgan fingerprint density at radius 2 is 2.19 bits per heavy atom. The molecule has 7 nitrogen and oxygen atoms in total. The van der Waals surface area contributed by atoms with Crippen LogP contribution in [-0.4, -0.2) is 27.9 Å². The Balaban J connectivity index is 1.86. The third-order valence-corrected chi connectivity index (χ3v) is 3.32. The number of halogens is 1. The highest BCUT2D eigenvalue weighted by Crippen LogP contribution is 2.38. The van der Waals surface area contributed by atoms with Crippen molar-refractivity contribution < 1.29 is 14.4 Å². The van der Waals surface area contributed by atoms with Crippen molar-refractivity contribution >= 4 is 17.3 Å². The van der Waals surface area contributed by atoms with Gasteiger partial charge in [0.2, 0.25) is 0 Å². The zero-order valence-electron chi connectivity index (χ0n) is 11.0. The Kier molecular flexibility index (Phi) is 3.66. The number of benzene rings is 1. The van der Waals surface area contributed by atoms with Gasteiger partial charge in [-0.3, -0.25) is 14.8 Å². The number of aromatic nitrogens is 2. The third-order valence-electron chi connectivity index (χ3n) is 3.04. The normalized spacial score (nSPS) is 13.8. The summed E-state index contributed by atoms with van der Waals surface area (Å²) in [6.07, 6.45) is 3.38. The van der Waals surface area contributed by atoms with Crippen molar-refractivity contribution in [3.05, 3.63) is 45.2 Å². The minimum absolute atomic E-state index is 0.0459. The molecule has 110 valence electrons. The number of ether oxygens (including phenoxy) is 2. The van der Waals surface area contributed by atoms with E-state index in [-0.39, 0.29) is 5.69 Å². The lowest BCUT2D eigenvalue weighted by atomic mass is 10.2. The summed E-state index contributed by atoms with van der Waals surface area (Å²) >= 11 is 6.20. The fraction of sp³-hybridized carbons (Fsp3) is 0.308. The monoisotopic (exact) mass is 309 g/mol. The molecule has 1 aromatic carbocycles. The lowest BCUT2D eigenvalue weighted by Gasteiger charge is -2.11. The summed E-state index contributed by atoms with van der Waals surface area (Å²) in [5.74, 6) is 1.14. The van der Waals surface area contributed by atoms with E-state index in [9.17, 15) is 10.1 Å². The van der Waals surface area contributed by atoms with Gasteiger partial charge in [0, 0.05) is 6.42 Å². The van der Waals surface area contributed by atoms with E-state index in [2.05, 4.69) is 5.10 Å². The van der Waals surface area contributed by atoms with Crippen LogP contribution in [0, 0.1) is 10.1 Å². The van der Waals surface area contributed by atoms with Gasteiger partial charge in [0.25, 0.3) is 0 Å². The summed E-state index contributed by atoms with van der Waals surface area (Å²) in [6, 6.07) is 3.57. The van der Waals surface area contributed by atoms with Crippen molar-refractivity contribution in [3.63, 3.8) is 0 Å². The lowest BCUT2D eigenvalue weighted by molar-refractivity contribution is -0.385. The van der Waals surface area contributed by atoms with Crippen LogP contribution >= 0.6 is 11.6 Å². The second-order valence-electron chi connectivity index (χ2n) is 4.61. The molecule has 2 aromatic rings. The molecule has 0 spiro atoms. The number of nitrogens with zero attached hydrogens (tertiary/aromatic N) is 3. The van der Waals surface area contributed by atoms with Crippen molar-refractivity contribution in [1.29, 1.82) is 0 Å². The lowest BCUT2D eigenvalue weighted by Crippen LogP contribution is -2.01. The molecule has 1 aliphatic rings. The van der Waals surface area contributed by atoms with Crippen LogP contribution in [0.3, 0.4) is 0 Å². The fourth-order valence-electron chi connectivity index (χ4n) is 2.10. The van der Waals surface area contributed by atoms with E-state index < -0.39 is 4.92 Å². The molecule has 0 radical (unpaired) electrons. The van der Waals surface area contributed by atoms with E-state index in [1.54, 1.807) is 6.07 Å². The molecule has 0 bridgehead atoms. The molecule has 1 aromatic heterocycles. The molecular formula is C13H12ClN3O4. The molecule has 0 unspecified atom stereocenters. The third kappa shape index (κ3) is 2.92. The molecule has 1 aliphatic heterocycles. The molecular weight excluding hydrogens is 298 g/mol. The molecule has 0 saturated heterocycles. The molecule has 3 rings (SSSR count). The van der Waals surface area contributed by atoms with Gasteiger partial charge in [-0.25, -0.2) is 0 Å². The smallest absolute Gasteiger partial charge is 0.307 e. The maximum Gasteiger partial charge on any atom is 0.307 e. The largest absolute Gasteiger partial charge is 0.489 e. The van der Waals surface area contributed by atoms with Crippen LogP contribution in [-0.2, 0) is 6.54 Å². The van der Waals surface area contributed by atoms with E-state index in [1.165, 1.54) is 17.1 Å². The van der Waals surface area contributed by atoms with Crippen molar-refractivity contribution in [2.45, 2.75) is 13.0 Å². The Hall–Kier alpha value is -2.28. The van der Waals surface area contributed by atoms with E-state index in [0.29, 0.717) is 36.3 Å². The highest BCUT2D eigenvalue weighted by Gasteiger charge is 2.16. The van der Waals surface area contributed by atoms with E-state index in [0.717, 1.165) is 12.0 Å². The molecule has 0 fully saturated rings. The number of hydrogen-bond acceptors (Lipinski definition) is 5. The van der Waals surface area contributed by atoms with Crippen molar-refractivity contribution in [2.24, 2.45) is 0 Å². The van der Waals surface area contributed by atoms with Gasteiger partial charge in [-0.1, -0.05) is 11.6 Å². The van der Waals surface area contributed by atoms with E-state index >= 15 is 0 Å². The molecule has 2 heterocycles. The van der Waals surface area contributed by atoms with E-state index in [1.807, 2.05) is 6.07 Å². The summed E-state index contributed by atoms with van der Waals surface area (Å²) in [6.45, 7) is 1.50. The van der Waals surface area contributed by atoms with Gasteiger partial charge in [0.1, 0.15) is 12.4 Å². The summed E-state index contributed by atoms with van der Waals surface area (Å²) < 4.78 is 12.6. The summed E-state index contributed by atoms with van der Waals surface area (Å²) in [5, 5.41) is 15.1. The quantitative estimate of drug-likeness (QED) is 0.643. The standard InChI is InChI=1S/C13H12ClN3O4/c14-11-4-9(5-12-13(11)21-3-1-2-20-12)7-16-8-10(6-15-16)17(18)19/h4-6,8H,1-3,7H2. The van der Waals surface area contributed by atoms with Gasteiger partial charge in [-0.15, -0.1) is 0 Å². The number of nitro groups is 1. The van der Waals surface area contributed by atoms with Crippen molar-refractivity contribution in [1.82, 2.24) is 9.78 Å². The number of hydrogen-bond donors (Lipinski definition) is 0.